The molecule has 0 unspecified atom stereocenters. The number of carbonyl (C=O) groups excluding carboxylic acids is 2. The number of carbonyl (C=O) groups is 2. The molecule has 1 atom stereocenters. The van der Waals surface area contributed by atoms with E-state index in [0.29, 0.717) is 5.56 Å². The third kappa shape index (κ3) is 4.14. The first-order valence-corrected chi connectivity index (χ1v) is 7.90. The summed E-state index contributed by atoms with van der Waals surface area (Å²) in [5.41, 5.74) is 2.35. The first kappa shape index (κ1) is 16.5. The number of ketones is 1. The van der Waals surface area contributed by atoms with Crippen LogP contribution in [0.1, 0.15) is 26.5 Å². The zero-order valence-corrected chi connectivity index (χ0v) is 13.7. The molecule has 2 aromatic carbocycles. The minimum absolute atomic E-state index is 0.150. The molecule has 0 bridgehead atoms. The average molecular weight is 334 g/mol. The Labute approximate surface area is 145 Å². The van der Waals surface area contributed by atoms with Gasteiger partial charge in [-0.3, -0.25) is 9.59 Å². The van der Waals surface area contributed by atoms with Crippen molar-refractivity contribution < 1.29 is 14.0 Å². The van der Waals surface area contributed by atoms with Gasteiger partial charge in [-0.15, -0.1) is 0 Å². The lowest BCUT2D eigenvalue weighted by Gasteiger charge is -2.20. The van der Waals surface area contributed by atoms with Gasteiger partial charge in [0, 0.05) is 11.3 Å². The Kier molecular flexibility index (Phi) is 4.95. The molecule has 5 heteroatoms. The highest BCUT2D eigenvalue weighted by molar-refractivity contribution is 6.04. The number of hydrogen-bond acceptors (Lipinski definition) is 4. The lowest BCUT2D eigenvalue weighted by atomic mass is 10.1. The van der Waals surface area contributed by atoms with Crippen LogP contribution in [0.4, 0.5) is 5.69 Å². The first-order valence-electron chi connectivity index (χ1n) is 7.90. The predicted octanol–water partition coefficient (Wildman–Crippen LogP) is 3.64. The molecule has 1 aromatic heterocycles. The van der Waals surface area contributed by atoms with Crippen molar-refractivity contribution in [2.45, 2.75) is 13.1 Å². The van der Waals surface area contributed by atoms with Crippen molar-refractivity contribution >= 4 is 17.4 Å². The lowest BCUT2D eigenvalue weighted by Crippen LogP contribution is -2.46. The Morgan fingerprint density at radius 3 is 2.28 bits per heavy atom. The molecule has 0 saturated heterocycles. The Hall–Kier alpha value is -3.34. The second-order valence-electron chi connectivity index (χ2n) is 5.62. The highest BCUT2D eigenvalue weighted by Crippen LogP contribution is 2.13. The molecule has 1 heterocycles. The first-order chi connectivity index (χ1) is 12.1. The summed E-state index contributed by atoms with van der Waals surface area (Å²) in [7, 11) is 0. The molecule has 0 aliphatic heterocycles. The van der Waals surface area contributed by atoms with Gasteiger partial charge < -0.3 is 15.1 Å². The number of benzene rings is 2. The molecule has 0 saturated carbocycles. The molecule has 5 nitrogen and oxygen atoms in total. The summed E-state index contributed by atoms with van der Waals surface area (Å²) in [5, 5.41) is 5.76. The van der Waals surface area contributed by atoms with Crippen LogP contribution in [0.15, 0.2) is 77.4 Å². The highest BCUT2D eigenvalue weighted by atomic mass is 16.3. The fourth-order valence-corrected chi connectivity index (χ4v) is 2.36. The zero-order valence-electron chi connectivity index (χ0n) is 13.7. The van der Waals surface area contributed by atoms with Gasteiger partial charge in [0.05, 0.1) is 6.26 Å². The van der Waals surface area contributed by atoms with Gasteiger partial charge in [0.15, 0.2) is 11.9 Å². The van der Waals surface area contributed by atoms with Gasteiger partial charge in [0.1, 0.15) is 0 Å². The van der Waals surface area contributed by atoms with E-state index in [-0.39, 0.29) is 11.5 Å². The molecule has 3 rings (SSSR count). The number of aryl methyl sites for hydroxylation is 1. The van der Waals surface area contributed by atoms with E-state index in [1.165, 1.54) is 6.26 Å². The van der Waals surface area contributed by atoms with Crippen molar-refractivity contribution in [2.75, 3.05) is 5.32 Å². The summed E-state index contributed by atoms with van der Waals surface area (Å²) >= 11 is 0. The Bertz CT molecular complexity index is 840. The SMILES string of the molecule is Cc1ccc(N[C@@H](NC(=O)c2ccco2)C(=O)c2ccccc2)cc1. The number of anilines is 1. The van der Waals surface area contributed by atoms with E-state index in [0.717, 1.165) is 11.3 Å². The zero-order chi connectivity index (χ0) is 17.6. The smallest absolute Gasteiger partial charge is 0.288 e. The normalized spacial score (nSPS) is 11.6. The molecular formula is C20H18N2O3. The van der Waals surface area contributed by atoms with E-state index in [1.54, 1.807) is 36.4 Å². The van der Waals surface area contributed by atoms with Gasteiger partial charge in [-0.05, 0) is 31.2 Å². The summed E-state index contributed by atoms with van der Waals surface area (Å²) in [5.74, 6) is -0.545. The topological polar surface area (TPSA) is 71.3 Å². The van der Waals surface area contributed by atoms with Crippen molar-refractivity contribution in [1.82, 2.24) is 5.32 Å². The molecule has 0 aliphatic carbocycles. The van der Waals surface area contributed by atoms with E-state index >= 15 is 0 Å². The molecule has 2 N–H and O–H groups in total. The summed E-state index contributed by atoms with van der Waals surface area (Å²) in [6.45, 7) is 1.98. The maximum atomic E-state index is 12.8. The van der Waals surface area contributed by atoms with Crippen molar-refractivity contribution in [2.24, 2.45) is 0 Å². The summed E-state index contributed by atoms with van der Waals surface area (Å²) < 4.78 is 5.10. The largest absolute Gasteiger partial charge is 0.459 e. The summed E-state index contributed by atoms with van der Waals surface area (Å²) in [4.78, 5) is 25.1. The molecule has 25 heavy (non-hydrogen) atoms. The van der Waals surface area contributed by atoms with Crippen LogP contribution in [0.2, 0.25) is 0 Å². The number of amides is 1. The van der Waals surface area contributed by atoms with Gasteiger partial charge in [-0.1, -0.05) is 48.0 Å². The van der Waals surface area contributed by atoms with Gasteiger partial charge in [-0.25, -0.2) is 0 Å². The van der Waals surface area contributed by atoms with Crippen LogP contribution in [0.3, 0.4) is 0 Å². The van der Waals surface area contributed by atoms with Gasteiger partial charge in [0.2, 0.25) is 5.78 Å². The quantitative estimate of drug-likeness (QED) is 0.533. The second kappa shape index (κ2) is 7.49. The van der Waals surface area contributed by atoms with E-state index in [2.05, 4.69) is 10.6 Å². The molecule has 3 aromatic rings. The fraction of sp³-hybridized carbons (Fsp3) is 0.100. The van der Waals surface area contributed by atoms with E-state index in [1.807, 2.05) is 37.3 Å². The van der Waals surface area contributed by atoms with Crippen LogP contribution in [0.25, 0.3) is 0 Å². The van der Waals surface area contributed by atoms with Crippen LogP contribution in [-0.4, -0.2) is 17.9 Å². The second-order valence-corrected chi connectivity index (χ2v) is 5.62. The van der Waals surface area contributed by atoms with Crippen LogP contribution in [0, 0.1) is 6.92 Å². The Morgan fingerprint density at radius 2 is 1.64 bits per heavy atom. The maximum absolute atomic E-state index is 12.8. The monoisotopic (exact) mass is 334 g/mol. The van der Waals surface area contributed by atoms with E-state index in [9.17, 15) is 9.59 Å². The maximum Gasteiger partial charge on any atom is 0.288 e. The molecule has 0 radical (unpaired) electrons. The Balaban J connectivity index is 1.83. The Morgan fingerprint density at radius 1 is 0.920 bits per heavy atom. The third-order valence-corrected chi connectivity index (χ3v) is 3.70. The molecule has 126 valence electrons. The average Bonchev–Trinajstić information content (AvgIpc) is 3.18. The van der Waals surface area contributed by atoms with Crippen LogP contribution >= 0.6 is 0 Å². The third-order valence-electron chi connectivity index (χ3n) is 3.70. The van der Waals surface area contributed by atoms with Crippen molar-refractivity contribution in [3.8, 4) is 0 Å². The van der Waals surface area contributed by atoms with Crippen molar-refractivity contribution in [1.29, 1.82) is 0 Å². The van der Waals surface area contributed by atoms with Crippen molar-refractivity contribution in [3.05, 3.63) is 89.9 Å². The number of furan rings is 1. The van der Waals surface area contributed by atoms with Crippen molar-refractivity contribution in [3.63, 3.8) is 0 Å². The molecular weight excluding hydrogens is 316 g/mol. The van der Waals surface area contributed by atoms with Gasteiger partial charge in [-0.2, -0.15) is 0 Å². The van der Waals surface area contributed by atoms with Crippen LogP contribution in [-0.2, 0) is 0 Å². The van der Waals surface area contributed by atoms with Gasteiger partial charge in [0.25, 0.3) is 5.91 Å². The molecule has 0 aliphatic rings. The van der Waals surface area contributed by atoms with Gasteiger partial charge >= 0.3 is 0 Å². The highest BCUT2D eigenvalue weighted by Gasteiger charge is 2.23. The van der Waals surface area contributed by atoms with Crippen LogP contribution in [0.5, 0.6) is 0 Å². The lowest BCUT2D eigenvalue weighted by molar-refractivity contribution is 0.0853. The molecule has 0 fully saturated rings. The number of rotatable bonds is 6. The minimum Gasteiger partial charge on any atom is -0.459 e. The number of Topliss-reactive ketones (excluding diaryl/α,β-unsaturated/α-hetero) is 1. The predicted molar refractivity (Wildman–Crippen MR) is 95.5 cm³/mol. The molecule has 1 amide bonds. The number of nitrogens with one attached hydrogen (secondary N) is 2. The summed E-state index contributed by atoms with van der Waals surface area (Å²) in [6, 6.07) is 19.6. The number of hydrogen-bond donors (Lipinski definition) is 2. The standard InChI is InChI=1S/C20H18N2O3/c1-14-9-11-16(12-10-14)21-19(18(23)15-6-3-2-4-7-15)22-20(24)17-8-5-13-25-17/h2-13,19,21H,1H3,(H,22,24)/t19-/m0/s1. The molecule has 0 spiro atoms. The van der Waals surface area contributed by atoms with E-state index in [4.69, 9.17) is 4.42 Å². The fourth-order valence-electron chi connectivity index (χ4n) is 2.36. The minimum atomic E-state index is -0.914. The summed E-state index contributed by atoms with van der Waals surface area (Å²) in [6.07, 6.45) is 0.499. The van der Waals surface area contributed by atoms with E-state index < -0.39 is 12.1 Å². The van der Waals surface area contributed by atoms with Crippen LogP contribution < -0.4 is 10.6 Å².